The topological polar surface area (TPSA) is 92.8 Å². The van der Waals surface area contributed by atoms with E-state index in [-0.39, 0.29) is 13.2 Å². The van der Waals surface area contributed by atoms with Gasteiger partial charge in [0.1, 0.15) is 25.1 Å². The molecule has 1 amide bonds. The summed E-state index contributed by atoms with van der Waals surface area (Å²) in [5, 5.41) is 6.19. The van der Waals surface area contributed by atoms with Crippen molar-refractivity contribution < 1.29 is 19.1 Å². The number of ether oxygens (including phenoxy) is 2. The number of amides is 1. The largest absolute Gasteiger partial charge is 0.459 e. The lowest BCUT2D eigenvalue weighted by atomic mass is 9.91. The van der Waals surface area contributed by atoms with Gasteiger partial charge in [-0.2, -0.15) is 0 Å². The van der Waals surface area contributed by atoms with E-state index in [1.165, 1.54) is 17.7 Å². The lowest BCUT2D eigenvalue weighted by molar-refractivity contribution is -0.147. The molecular weight excluding hydrogens is 528 g/mol. The van der Waals surface area contributed by atoms with E-state index < -0.39 is 18.1 Å². The van der Waals surface area contributed by atoms with Gasteiger partial charge < -0.3 is 25.0 Å². The minimum Gasteiger partial charge on any atom is -0.459 e. The summed E-state index contributed by atoms with van der Waals surface area (Å²) >= 11 is 0. The zero-order valence-electron chi connectivity index (χ0n) is 24.3. The number of anilines is 1. The van der Waals surface area contributed by atoms with Crippen LogP contribution in [0.15, 0.2) is 72.8 Å². The van der Waals surface area contributed by atoms with Crippen LogP contribution in [-0.2, 0) is 40.3 Å². The molecule has 0 spiro atoms. The number of pyridine rings is 1. The predicted octanol–water partition coefficient (Wildman–Crippen LogP) is 5.51. The fourth-order valence-corrected chi connectivity index (χ4v) is 5.66. The highest BCUT2D eigenvalue weighted by Crippen LogP contribution is 2.25. The van der Waals surface area contributed by atoms with Gasteiger partial charge in [-0.1, -0.05) is 66.7 Å². The first-order valence-corrected chi connectivity index (χ1v) is 15.2. The number of fused-ring (bicyclic) bond motifs is 1. The van der Waals surface area contributed by atoms with Crippen LogP contribution in [0, 0.1) is 5.92 Å². The van der Waals surface area contributed by atoms with Crippen LogP contribution in [0.4, 0.5) is 10.6 Å². The van der Waals surface area contributed by atoms with Crippen molar-refractivity contribution in [3.05, 3.63) is 95.2 Å². The highest BCUT2D eigenvalue weighted by atomic mass is 16.6. The number of carbonyl (C=O) groups excluding carboxylic acids is 2. The predicted molar refractivity (Wildman–Crippen MR) is 163 cm³/mol. The Morgan fingerprint density at radius 3 is 2.33 bits per heavy atom. The SMILES string of the molecule is O=C(N[C@@H](CCN1CCC(CCc2ccc3c(n2)NCCC3)CC1)C(=O)OCc1ccccc1)OCc1ccccc1. The van der Waals surface area contributed by atoms with Gasteiger partial charge in [-0.15, -0.1) is 0 Å². The van der Waals surface area contributed by atoms with Crippen molar-refractivity contribution in [2.75, 3.05) is 31.5 Å². The fourth-order valence-electron chi connectivity index (χ4n) is 5.66. The Morgan fingerprint density at radius 1 is 0.929 bits per heavy atom. The summed E-state index contributed by atoms with van der Waals surface area (Å²) < 4.78 is 11.0. The van der Waals surface area contributed by atoms with E-state index >= 15 is 0 Å². The number of rotatable bonds is 12. The van der Waals surface area contributed by atoms with Gasteiger partial charge in [0.25, 0.3) is 0 Å². The summed E-state index contributed by atoms with van der Waals surface area (Å²) in [6.45, 7) is 3.98. The third-order valence-electron chi connectivity index (χ3n) is 8.21. The maximum Gasteiger partial charge on any atom is 0.408 e. The van der Waals surface area contributed by atoms with E-state index in [1.54, 1.807) is 0 Å². The molecule has 1 fully saturated rings. The van der Waals surface area contributed by atoms with Crippen molar-refractivity contribution in [2.24, 2.45) is 5.92 Å². The molecule has 2 aromatic carbocycles. The molecule has 8 nitrogen and oxygen atoms in total. The van der Waals surface area contributed by atoms with E-state index in [9.17, 15) is 9.59 Å². The molecule has 5 rings (SSSR count). The van der Waals surface area contributed by atoms with Crippen LogP contribution in [0.2, 0.25) is 0 Å². The average Bonchev–Trinajstić information content (AvgIpc) is 3.05. The molecule has 2 aliphatic rings. The number of aromatic nitrogens is 1. The van der Waals surface area contributed by atoms with E-state index in [2.05, 4.69) is 27.7 Å². The second-order valence-electron chi connectivity index (χ2n) is 11.3. The first-order chi connectivity index (χ1) is 20.6. The van der Waals surface area contributed by atoms with Gasteiger partial charge in [0.15, 0.2) is 0 Å². The molecule has 3 aromatic rings. The number of aryl methyl sites for hydroxylation is 2. The number of nitrogens with zero attached hydrogens (tertiary/aromatic N) is 2. The van der Waals surface area contributed by atoms with Crippen LogP contribution < -0.4 is 10.6 Å². The number of hydrogen-bond acceptors (Lipinski definition) is 7. The lowest BCUT2D eigenvalue weighted by Crippen LogP contribution is -2.45. The maximum absolute atomic E-state index is 13.0. The first kappa shape index (κ1) is 29.6. The van der Waals surface area contributed by atoms with Crippen LogP contribution in [0.3, 0.4) is 0 Å². The van der Waals surface area contributed by atoms with E-state index in [0.717, 1.165) is 68.7 Å². The van der Waals surface area contributed by atoms with E-state index in [1.807, 2.05) is 60.7 Å². The maximum atomic E-state index is 13.0. The highest BCUT2D eigenvalue weighted by molar-refractivity contribution is 5.81. The molecule has 2 aliphatic heterocycles. The lowest BCUT2D eigenvalue weighted by Gasteiger charge is -2.32. The fraction of sp³-hybridized carbons (Fsp3) is 0.441. The Labute approximate surface area is 248 Å². The van der Waals surface area contributed by atoms with E-state index in [4.69, 9.17) is 14.5 Å². The Kier molecular flexibility index (Phi) is 10.8. The molecular formula is C34H42N4O4. The Hall–Kier alpha value is -3.91. The smallest absolute Gasteiger partial charge is 0.408 e. The van der Waals surface area contributed by atoms with Crippen molar-refractivity contribution in [3.8, 4) is 0 Å². The van der Waals surface area contributed by atoms with Gasteiger partial charge in [-0.3, -0.25) is 0 Å². The molecule has 0 bridgehead atoms. The molecule has 42 heavy (non-hydrogen) atoms. The number of likely N-dealkylation sites (tertiary alicyclic amines) is 1. The number of benzene rings is 2. The van der Waals surface area contributed by atoms with Crippen LogP contribution >= 0.6 is 0 Å². The molecule has 1 aromatic heterocycles. The van der Waals surface area contributed by atoms with Crippen LogP contribution in [0.5, 0.6) is 0 Å². The molecule has 3 heterocycles. The average molecular weight is 571 g/mol. The van der Waals surface area contributed by atoms with Crippen molar-refractivity contribution in [2.45, 2.75) is 64.2 Å². The molecule has 0 aliphatic carbocycles. The molecule has 0 unspecified atom stereocenters. The monoisotopic (exact) mass is 570 g/mol. The summed E-state index contributed by atoms with van der Waals surface area (Å²) in [6, 6.07) is 22.7. The van der Waals surface area contributed by atoms with Gasteiger partial charge in [-0.25, -0.2) is 14.6 Å². The summed E-state index contributed by atoms with van der Waals surface area (Å²) in [6.07, 6.45) is 6.53. The number of alkyl carbamates (subject to hydrolysis) is 1. The highest BCUT2D eigenvalue weighted by Gasteiger charge is 2.26. The molecule has 0 saturated carbocycles. The zero-order valence-corrected chi connectivity index (χ0v) is 24.3. The number of piperidine rings is 1. The third kappa shape index (κ3) is 9.05. The van der Waals surface area contributed by atoms with Crippen LogP contribution in [-0.4, -0.2) is 54.2 Å². The number of esters is 1. The van der Waals surface area contributed by atoms with Gasteiger partial charge in [0.2, 0.25) is 0 Å². The minimum atomic E-state index is -0.779. The molecule has 8 heteroatoms. The van der Waals surface area contributed by atoms with Crippen LogP contribution in [0.1, 0.15) is 54.5 Å². The second-order valence-corrected chi connectivity index (χ2v) is 11.3. The van der Waals surface area contributed by atoms with Crippen LogP contribution in [0.25, 0.3) is 0 Å². The third-order valence-corrected chi connectivity index (χ3v) is 8.21. The van der Waals surface area contributed by atoms with Gasteiger partial charge in [-0.05, 0) is 86.7 Å². The van der Waals surface area contributed by atoms with Gasteiger partial charge >= 0.3 is 12.1 Å². The van der Waals surface area contributed by atoms with Crippen molar-refractivity contribution >= 4 is 17.9 Å². The zero-order chi connectivity index (χ0) is 29.0. The number of nitrogens with one attached hydrogen (secondary N) is 2. The van der Waals surface area contributed by atoms with Crippen molar-refractivity contribution in [3.63, 3.8) is 0 Å². The molecule has 2 N–H and O–H groups in total. The van der Waals surface area contributed by atoms with Crippen molar-refractivity contribution in [1.29, 1.82) is 0 Å². The molecule has 0 radical (unpaired) electrons. The Balaban J connectivity index is 1.08. The second kappa shape index (κ2) is 15.4. The summed E-state index contributed by atoms with van der Waals surface area (Å²) in [7, 11) is 0. The summed E-state index contributed by atoms with van der Waals surface area (Å²) in [5.74, 6) is 1.30. The van der Waals surface area contributed by atoms with Crippen molar-refractivity contribution in [1.82, 2.24) is 15.2 Å². The summed E-state index contributed by atoms with van der Waals surface area (Å²) in [4.78, 5) is 32.9. The molecule has 1 saturated heterocycles. The normalized spacial score (nSPS) is 16.1. The molecule has 1 atom stereocenters. The number of carbonyl (C=O) groups is 2. The van der Waals surface area contributed by atoms with E-state index in [0.29, 0.717) is 18.9 Å². The standard InChI is InChI=1S/C34H42N4O4/c39-33(41-24-27-8-3-1-4-9-27)31(37-34(40)42-25-28-10-5-2-6-11-28)19-23-38-21-17-26(18-22-38)13-15-30-16-14-29-12-7-20-35-32(29)36-30/h1-6,8-11,14,16,26,31H,7,12-13,15,17-25H2,(H,35,36)(H,37,40)/t31-/m0/s1. The molecule has 222 valence electrons. The quantitative estimate of drug-likeness (QED) is 0.277. The summed E-state index contributed by atoms with van der Waals surface area (Å²) in [5.41, 5.74) is 4.30. The Morgan fingerprint density at radius 2 is 1.62 bits per heavy atom. The van der Waals surface area contributed by atoms with Gasteiger partial charge in [0, 0.05) is 18.8 Å². The minimum absolute atomic E-state index is 0.142. The Bertz CT molecular complexity index is 1280. The number of hydrogen-bond donors (Lipinski definition) is 2. The van der Waals surface area contributed by atoms with Gasteiger partial charge in [0.05, 0.1) is 0 Å². The first-order valence-electron chi connectivity index (χ1n) is 15.2.